The Morgan fingerprint density at radius 1 is 0.830 bits per heavy atom. The van der Waals surface area contributed by atoms with Crippen molar-refractivity contribution in [3.63, 3.8) is 0 Å². The molecule has 7 rings (SSSR count). The quantitative estimate of drug-likeness (QED) is 0.155. The van der Waals surface area contributed by atoms with Gasteiger partial charge in [-0.15, -0.1) is 0 Å². The van der Waals surface area contributed by atoms with E-state index in [9.17, 15) is 26.4 Å². The fourth-order valence-electron chi connectivity index (χ4n) is 7.46. The number of sulfonamides is 1. The van der Waals surface area contributed by atoms with Crippen LogP contribution in [0.25, 0.3) is 21.5 Å². The molecule has 4 aromatic rings. The molecule has 2 unspecified atom stereocenters. The SMILES string of the molecule is NC1CC2CCC(C1)N2C(=O)[C@@H](NS(=O)(=O)c1ccc2cc(OC3CCCC3)ccc2c1)C(F)(F)c1ccc2cc(Br)ccc2c1.O=C(O)C(F)(F)F. The summed E-state index contributed by atoms with van der Waals surface area (Å²) in [6.07, 6.45) is 1.68. The first-order valence-corrected chi connectivity index (χ1v) is 19.4. The molecule has 2 aliphatic heterocycles. The number of fused-ring (bicyclic) bond motifs is 4. The number of nitrogens with one attached hydrogen (secondary N) is 1. The minimum absolute atomic E-state index is 0.126. The number of alkyl halides is 5. The Labute approximate surface area is 310 Å². The number of aliphatic carboxylic acids is 1. The number of hydrogen-bond donors (Lipinski definition) is 3. The van der Waals surface area contributed by atoms with Gasteiger partial charge in [0.15, 0.2) is 6.04 Å². The number of hydrogen-bond acceptors (Lipinski definition) is 6. The Bertz CT molecular complexity index is 2120. The molecule has 1 amide bonds. The van der Waals surface area contributed by atoms with E-state index in [1.807, 2.05) is 6.07 Å². The molecule has 0 aromatic heterocycles. The highest BCUT2D eigenvalue weighted by Gasteiger charge is 2.53. The molecule has 4 aromatic carbocycles. The van der Waals surface area contributed by atoms with Gasteiger partial charge in [-0.05, 0) is 115 Å². The van der Waals surface area contributed by atoms with Gasteiger partial charge in [0, 0.05) is 28.2 Å². The topological polar surface area (TPSA) is 139 Å². The molecule has 2 bridgehead atoms. The number of piperidine rings is 1. The molecule has 1 aliphatic carbocycles. The van der Waals surface area contributed by atoms with Crippen molar-refractivity contribution in [3.8, 4) is 5.75 Å². The van der Waals surface area contributed by atoms with E-state index in [-0.39, 0.29) is 29.1 Å². The number of halogens is 6. The molecular weight excluding hydrogens is 789 g/mol. The van der Waals surface area contributed by atoms with Gasteiger partial charge in [-0.3, -0.25) is 4.79 Å². The first kappa shape index (κ1) is 38.9. The zero-order valence-electron chi connectivity index (χ0n) is 28.2. The van der Waals surface area contributed by atoms with Crippen LogP contribution < -0.4 is 15.2 Å². The van der Waals surface area contributed by atoms with Crippen LogP contribution in [0.15, 0.2) is 82.2 Å². The Morgan fingerprint density at radius 2 is 1.38 bits per heavy atom. The lowest BCUT2D eigenvalue weighted by atomic mass is 9.94. The van der Waals surface area contributed by atoms with Gasteiger partial charge in [0.1, 0.15) is 5.75 Å². The zero-order valence-corrected chi connectivity index (χ0v) is 30.6. The summed E-state index contributed by atoms with van der Waals surface area (Å²) in [5, 5.41) is 9.77. The third-order valence-corrected chi connectivity index (χ3v) is 11.9. The average Bonchev–Trinajstić information content (AvgIpc) is 3.71. The molecule has 3 fully saturated rings. The number of carboxylic acids is 1. The van der Waals surface area contributed by atoms with Crippen molar-refractivity contribution in [1.29, 1.82) is 0 Å². The third-order valence-electron chi connectivity index (χ3n) is 10.0. The van der Waals surface area contributed by atoms with Gasteiger partial charge in [-0.2, -0.15) is 26.7 Å². The van der Waals surface area contributed by atoms with Gasteiger partial charge in [0.25, 0.3) is 5.92 Å². The van der Waals surface area contributed by atoms with Crippen LogP contribution in [-0.2, 0) is 25.5 Å². The molecular formula is C37H37BrF5N3O6S. The van der Waals surface area contributed by atoms with Crippen molar-refractivity contribution in [2.24, 2.45) is 5.73 Å². The van der Waals surface area contributed by atoms with Gasteiger partial charge in [0.05, 0.1) is 11.0 Å². The largest absolute Gasteiger partial charge is 0.490 e. The molecule has 0 spiro atoms. The van der Waals surface area contributed by atoms with E-state index in [1.54, 1.807) is 42.5 Å². The second-order valence-electron chi connectivity index (χ2n) is 13.7. The molecule has 2 saturated heterocycles. The Balaban J connectivity index is 0.000000626. The zero-order chi connectivity index (χ0) is 38.3. The lowest BCUT2D eigenvalue weighted by molar-refractivity contribution is -0.192. The van der Waals surface area contributed by atoms with Crippen LogP contribution >= 0.6 is 15.9 Å². The maximum atomic E-state index is 16.7. The second-order valence-corrected chi connectivity index (χ2v) is 16.4. The van der Waals surface area contributed by atoms with E-state index in [1.165, 1.54) is 29.2 Å². The number of ether oxygens (including phenoxy) is 1. The summed E-state index contributed by atoms with van der Waals surface area (Å²) < 4.78 is 102. The number of rotatable bonds is 8. The molecule has 53 heavy (non-hydrogen) atoms. The van der Waals surface area contributed by atoms with Crippen LogP contribution in [-0.4, -0.2) is 66.7 Å². The first-order chi connectivity index (χ1) is 24.9. The number of amides is 1. The number of benzene rings is 4. The van der Waals surface area contributed by atoms with Crippen molar-refractivity contribution in [2.45, 2.75) is 98.6 Å². The summed E-state index contributed by atoms with van der Waals surface area (Å²) >= 11 is 3.40. The predicted molar refractivity (Wildman–Crippen MR) is 191 cm³/mol. The molecule has 9 nitrogen and oxygen atoms in total. The first-order valence-electron chi connectivity index (χ1n) is 17.1. The van der Waals surface area contributed by atoms with E-state index < -0.39 is 45.6 Å². The van der Waals surface area contributed by atoms with E-state index in [0.717, 1.165) is 40.9 Å². The summed E-state index contributed by atoms with van der Waals surface area (Å²) in [6, 6.07) is 16.1. The summed E-state index contributed by atoms with van der Waals surface area (Å²) in [5.41, 5.74) is 5.75. The molecule has 2 heterocycles. The monoisotopic (exact) mass is 825 g/mol. The third kappa shape index (κ3) is 8.60. The van der Waals surface area contributed by atoms with E-state index >= 15 is 8.78 Å². The number of carboxylic acid groups (broad SMARTS) is 1. The van der Waals surface area contributed by atoms with Crippen LogP contribution in [0.4, 0.5) is 22.0 Å². The molecule has 3 atom stereocenters. The van der Waals surface area contributed by atoms with Crippen LogP contribution in [0.3, 0.4) is 0 Å². The normalized spacial score (nSPS) is 21.3. The van der Waals surface area contributed by atoms with Gasteiger partial charge in [-0.25, -0.2) is 13.2 Å². The molecule has 16 heteroatoms. The van der Waals surface area contributed by atoms with Crippen molar-refractivity contribution >= 4 is 59.4 Å². The van der Waals surface area contributed by atoms with Crippen molar-refractivity contribution in [3.05, 3.63) is 82.8 Å². The highest BCUT2D eigenvalue weighted by molar-refractivity contribution is 9.10. The minimum atomic E-state index is -5.08. The van der Waals surface area contributed by atoms with E-state index in [2.05, 4.69) is 20.7 Å². The van der Waals surface area contributed by atoms with E-state index in [0.29, 0.717) is 42.2 Å². The highest BCUT2D eigenvalue weighted by Crippen LogP contribution is 2.41. The molecule has 4 N–H and O–H groups in total. The summed E-state index contributed by atoms with van der Waals surface area (Å²) in [6.45, 7) is 0. The predicted octanol–water partition coefficient (Wildman–Crippen LogP) is 7.63. The van der Waals surface area contributed by atoms with E-state index in [4.69, 9.17) is 20.4 Å². The second kappa shape index (κ2) is 15.1. The summed E-state index contributed by atoms with van der Waals surface area (Å²) in [5.74, 6) is -6.85. The van der Waals surface area contributed by atoms with Crippen LogP contribution in [0.5, 0.6) is 5.75 Å². The van der Waals surface area contributed by atoms with Crippen molar-refractivity contribution in [1.82, 2.24) is 9.62 Å². The molecule has 284 valence electrons. The minimum Gasteiger partial charge on any atom is -0.490 e. The van der Waals surface area contributed by atoms with Crippen LogP contribution in [0, 0.1) is 0 Å². The van der Waals surface area contributed by atoms with Gasteiger partial charge >= 0.3 is 12.1 Å². The average molecular weight is 827 g/mol. The lowest BCUT2D eigenvalue weighted by Crippen LogP contribution is -2.60. The standard InChI is InChI=1S/C35H36BrF2N3O4S.C2HF3O2/c36-26-10-6-21-15-25(9-5-22(21)16-26)35(37,38)33(34(42)41-28-11-12-29(41)20-27(39)19-28)40-46(43,44)32-14-8-23-17-31(13-7-24(23)18-32)45-30-3-1-2-4-30;3-2(4,5)1(6)7/h5-10,13-18,27-30,33,40H,1-4,11-12,19-20,39H2;(H,6,7)/t27?,28?,29?,33-;/m1./s1. The Hall–Kier alpha value is -3.86. The smallest absolute Gasteiger partial charge is 0.490 e. The fourth-order valence-corrected chi connectivity index (χ4v) is 9.07. The molecule has 0 radical (unpaired) electrons. The number of nitrogens with two attached hydrogens (primary N) is 1. The highest BCUT2D eigenvalue weighted by atomic mass is 79.9. The fraction of sp³-hybridized carbons (Fsp3) is 0.405. The summed E-state index contributed by atoms with van der Waals surface area (Å²) in [7, 11) is -4.57. The number of carbonyl (C=O) groups excluding carboxylic acids is 1. The molecule has 3 aliphatic rings. The number of carbonyl (C=O) groups is 2. The summed E-state index contributed by atoms with van der Waals surface area (Å²) in [4.78, 5) is 24.3. The molecule has 1 saturated carbocycles. The maximum Gasteiger partial charge on any atom is 0.490 e. The van der Waals surface area contributed by atoms with Crippen molar-refractivity contribution < 1.29 is 49.8 Å². The lowest BCUT2D eigenvalue weighted by Gasteiger charge is -2.41. The number of nitrogens with zero attached hydrogens (tertiary/aromatic N) is 1. The maximum absolute atomic E-state index is 16.7. The Kier molecular flexibility index (Phi) is 11.1. The van der Waals surface area contributed by atoms with Gasteiger partial charge in [-0.1, -0.05) is 46.3 Å². The van der Waals surface area contributed by atoms with Crippen molar-refractivity contribution in [2.75, 3.05) is 0 Å². The van der Waals surface area contributed by atoms with Crippen LogP contribution in [0.1, 0.15) is 56.9 Å². The van der Waals surface area contributed by atoms with Crippen LogP contribution in [0.2, 0.25) is 0 Å². The van der Waals surface area contributed by atoms with Gasteiger partial charge in [0.2, 0.25) is 15.9 Å². The Morgan fingerprint density at radius 3 is 2.02 bits per heavy atom. The van der Waals surface area contributed by atoms with Gasteiger partial charge < -0.3 is 20.5 Å².